The van der Waals surface area contributed by atoms with Crippen molar-refractivity contribution >= 4 is 0 Å². The van der Waals surface area contributed by atoms with E-state index in [0.717, 1.165) is 6.42 Å². The SMILES string of the molecule is CCc1ccc(C)c[nH+]1. The Kier molecular flexibility index (Phi) is 1.83. The molecule has 1 N–H and O–H groups in total. The Balaban J connectivity index is 2.88. The molecule has 1 aromatic rings. The molecule has 0 bridgehead atoms. The molecule has 0 atom stereocenters. The first-order valence-corrected chi connectivity index (χ1v) is 3.30. The predicted molar refractivity (Wildman–Crippen MR) is 37.1 cm³/mol. The first-order valence-electron chi connectivity index (χ1n) is 3.30. The predicted octanol–water partition coefficient (Wildman–Crippen LogP) is 1.37. The van der Waals surface area contributed by atoms with Gasteiger partial charge in [-0.15, -0.1) is 0 Å². The Labute approximate surface area is 55.7 Å². The Morgan fingerprint density at radius 2 is 2.22 bits per heavy atom. The second-order valence-electron chi connectivity index (χ2n) is 2.24. The van der Waals surface area contributed by atoms with Crippen LogP contribution >= 0.6 is 0 Å². The van der Waals surface area contributed by atoms with Crippen molar-refractivity contribution in [2.45, 2.75) is 20.3 Å². The van der Waals surface area contributed by atoms with Crippen molar-refractivity contribution in [1.82, 2.24) is 0 Å². The van der Waals surface area contributed by atoms with Crippen LogP contribution in [0.25, 0.3) is 0 Å². The zero-order chi connectivity index (χ0) is 6.69. The Morgan fingerprint density at radius 3 is 2.67 bits per heavy atom. The molecule has 0 fully saturated rings. The van der Waals surface area contributed by atoms with E-state index < -0.39 is 0 Å². The molecule has 1 nitrogen and oxygen atoms in total. The lowest BCUT2D eigenvalue weighted by molar-refractivity contribution is -0.390. The molecular formula is C8H12N+. The molecule has 0 aliphatic heterocycles. The summed E-state index contributed by atoms with van der Waals surface area (Å²) in [6.45, 7) is 4.22. The number of nitrogens with one attached hydrogen (secondary N) is 1. The number of hydrogen-bond acceptors (Lipinski definition) is 0. The first-order chi connectivity index (χ1) is 4.33. The second kappa shape index (κ2) is 2.62. The van der Waals surface area contributed by atoms with Gasteiger partial charge < -0.3 is 0 Å². The van der Waals surface area contributed by atoms with Crippen LogP contribution in [0.2, 0.25) is 0 Å². The molecule has 0 saturated carbocycles. The maximum Gasteiger partial charge on any atom is 0.179 e. The number of aryl methyl sites for hydroxylation is 2. The standard InChI is InChI=1S/C8H11N/c1-3-8-5-4-7(2)6-9-8/h4-6H,3H2,1-2H3/p+1. The number of hydrogen-bond donors (Lipinski definition) is 0. The van der Waals surface area contributed by atoms with Gasteiger partial charge in [0.1, 0.15) is 0 Å². The molecule has 1 rings (SSSR count). The lowest BCUT2D eigenvalue weighted by Crippen LogP contribution is -2.08. The minimum Gasteiger partial charge on any atom is -0.215 e. The van der Waals surface area contributed by atoms with E-state index in [1.54, 1.807) is 0 Å². The van der Waals surface area contributed by atoms with E-state index in [0.29, 0.717) is 0 Å². The summed E-state index contributed by atoms with van der Waals surface area (Å²) in [7, 11) is 0. The van der Waals surface area contributed by atoms with Crippen molar-refractivity contribution < 1.29 is 4.98 Å². The molecule has 0 aromatic carbocycles. The number of aromatic amines is 1. The third kappa shape index (κ3) is 1.53. The summed E-state index contributed by atoms with van der Waals surface area (Å²) < 4.78 is 0. The fourth-order valence-corrected chi connectivity index (χ4v) is 0.755. The van der Waals surface area contributed by atoms with Crippen molar-refractivity contribution in [2.75, 3.05) is 0 Å². The van der Waals surface area contributed by atoms with Gasteiger partial charge >= 0.3 is 0 Å². The average molecular weight is 122 g/mol. The van der Waals surface area contributed by atoms with Crippen LogP contribution in [0.5, 0.6) is 0 Å². The minimum atomic E-state index is 1.08. The number of rotatable bonds is 1. The van der Waals surface area contributed by atoms with E-state index >= 15 is 0 Å². The summed E-state index contributed by atoms with van der Waals surface area (Å²) >= 11 is 0. The van der Waals surface area contributed by atoms with Gasteiger partial charge in [-0.3, -0.25) is 0 Å². The zero-order valence-corrected chi connectivity index (χ0v) is 5.94. The molecule has 48 valence electrons. The number of aromatic nitrogens is 1. The fraction of sp³-hybridized carbons (Fsp3) is 0.375. The third-order valence-electron chi connectivity index (χ3n) is 1.41. The summed E-state index contributed by atoms with van der Waals surface area (Å²) in [6.07, 6.45) is 3.11. The summed E-state index contributed by atoms with van der Waals surface area (Å²) in [5.41, 5.74) is 2.58. The van der Waals surface area contributed by atoms with Crippen LogP contribution in [-0.4, -0.2) is 0 Å². The Morgan fingerprint density at radius 1 is 1.44 bits per heavy atom. The van der Waals surface area contributed by atoms with Gasteiger partial charge in [0.15, 0.2) is 11.9 Å². The van der Waals surface area contributed by atoms with Gasteiger partial charge in [-0.25, -0.2) is 4.98 Å². The molecule has 9 heavy (non-hydrogen) atoms. The van der Waals surface area contributed by atoms with Gasteiger partial charge in [0.05, 0.1) is 0 Å². The molecule has 0 amide bonds. The molecule has 0 aliphatic carbocycles. The molecule has 0 saturated heterocycles. The lowest BCUT2D eigenvalue weighted by atomic mass is 10.2. The highest BCUT2D eigenvalue weighted by atomic mass is 14.7. The minimum absolute atomic E-state index is 1.08. The van der Waals surface area contributed by atoms with Gasteiger partial charge in [-0.1, -0.05) is 6.92 Å². The van der Waals surface area contributed by atoms with Crippen molar-refractivity contribution in [3.63, 3.8) is 0 Å². The smallest absolute Gasteiger partial charge is 0.179 e. The van der Waals surface area contributed by atoms with Crippen molar-refractivity contribution in [2.24, 2.45) is 0 Å². The Hall–Kier alpha value is -0.850. The van der Waals surface area contributed by atoms with E-state index in [1.165, 1.54) is 11.3 Å². The fourth-order valence-electron chi connectivity index (χ4n) is 0.755. The van der Waals surface area contributed by atoms with Gasteiger partial charge in [-0.2, -0.15) is 0 Å². The van der Waals surface area contributed by atoms with Crippen LogP contribution in [0.1, 0.15) is 18.2 Å². The van der Waals surface area contributed by atoms with E-state index in [9.17, 15) is 0 Å². The monoisotopic (exact) mass is 122 g/mol. The highest BCUT2D eigenvalue weighted by Gasteiger charge is 1.93. The van der Waals surface area contributed by atoms with Crippen molar-refractivity contribution in [1.29, 1.82) is 0 Å². The molecule has 0 aliphatic rings. The van der Waals surface area contributed by atoms with Gasteiger partial charge in [0, 0.05) is 18.1 Å². The average Bonchev–Trinajstić information content (AvgIpc) is 1.90. The number of pyridine rings is 1. The molecule has 1 heteroatoms. The highest BCUT2D eigenvalue weighted by Crippen LogP contribution is 1.93. The van der Waals surface area contributed by atoms with Crippen molar-refractivity contribution in [3.8, 4) is 0 Å². The third-order valence-corrected chi connectivity index (χ3v) is 1.41. The highest BCUT2D eigenvalue weighted by molar-refractivity contribution is 5.06. The molecule has 0 radical (unpaired) electrons. The Bertz CT molecular complexity index is 176. The van der Waals surface area contributed by atoms with Crippen LogP contribution in [0.4, 0.5) is 0 Å². The van der Waals surface area contributed by atoms with Crippen LogP contribution < -0.4 is 4.98 Å². The maximum atomic E-state index is 3.19. The molecule has 1 heterocycles. The quantitative estimate of drug-likeness (QED) is 0.534. The summed E-state index contributed by atoms with van der Waals surface area (Å²) in [5, 5.41) is 0. The van der Waals surface area contributed by atoms with E-state index in [-0.39, 0.29) is 0 Å². The summed E-state index contributed by atoms with van der Waals surface area (Å²) in [4.78, 5) is 3.19. The van der Waals surface area contributed by atoms with E-state index in [1.807, 2.05) is 6.20 Å². The largest absolute Gasteiger partial charge is 0.215 e. The van der Waals surface area contributed by atoms with Crippen LogP contribution in [0.15, 0.2) is 18.3 Å². The van der Waals surface area contributed by atoms with Gasteiger partial charge in [0.2, 0.25) is 0 Å². The molecule has 0 unspecified atom stereocenters. The van der Waals surface area contributed by atoms with Gasteiger partial charge in [-0.05, 0) is 13.0 Å². The molecule has 0 spiro atoms. The summed E-state index contributed by atoms with van der Waals surface area (Å²) in [6, 6.07) is 4.24. The topological polar surface area (TPSA) is 14.1 Å². The summed E-state index contributed by atoms with van der Waals surface area (Å²) in [5.74, 6) is 0. The lowest BCUT2D eigenvalue weighted by Gasteiger charge is -1.86. The number of H-pyrrole nitrogens is 1. The van der Waals surface area contributed by atoms with Crippen LogP contribution in [0.3, 0.4) is 0 Å². The van der Waals surface area contributed by atoms with Gasteiger partial charge in [0.25, 0.3) is 0 Å². The second-order valence-corrected chi connectivity index (χ2v) is 2.24. The molecular weight excluding hydrogens is 110 g/mol. The zero-order valence-electron chi connectivity index (χ0n) is 5.94. The van der Waals surface area contributed by atoms with Crippen LogP contribution in [-0.2, 0) is 6.42 Å². The van der Waals surface area contributed by atoms with E-state index in [4.69, 9.17) is 0 Å². The van der Waals surface area contributed by atoms with Crippen molar-refractivity contribution in [3.05, 3.63) is 29.6 Å². The van der Waals surface area contributed by atoms with E-state index in [2.05, 4.69) is 31.0 Å². The normalized spacial score (nSPS) is 9.56. The van der Waals surface area contributed by atoms with Crippen LogP contribution in [0, 0.1) is 6.92 Å². The maximum absolute atomic E-state index is 3.19. The molecule has 1 aromatic heterocycles. The first kappa shape index (κ1) is 6.27.